The molecule has 0 aliphatic carbocycles. The summed E-state index contributed by atoms with van der Waals surface area (Å²) in [5, 5.41) is 0. The first-order chi connectivity index (χ1) is 4.16. The fourth-order valence-electron chi connectivity index (χ4n) is 0.548. The molecule has 0 amide bonds. The Balaban J connectivity index is 4.05. The van der Waals surface area contributed by atoms with Crippen molar-refractivity contribution >= 4 is 0 Å². The zero-order valence-electron chi connectivity index (χ0n) is 5.82. The van der Waals surface area contributed by atoms with E-state index in [-0.39, 0.29) is 5.83 Å². The van der Waals surface area contributed by atoms with E-state index in [0.717, 1.165) is 5.57 Å². The average Bonchev–Trinajstić information content (AvgIpc) is 1.63. The van der Waals surface area contributed by atoms with Gasteiger partial charge in [-0.15, -0.1) is 0 Å². The molecule has 0 heterocycles. The summed E-state index contributed by atoms with van der Waals surface area (Å²) in [7, 11) is 0. The Bertz CT molecular complexity index is 148. The number of allylic oxidation sites excluding steroid dienone is 5. The molecule has 0 unspecified atom stereocenters. The standard InChI is InChI=1S/C8H11F/c1-4-5-7(2)6-8(3)9/h4-6H,1H2,2-3H3/b7-5-,8-6-. The van der Waals surface area contributed by atoms with Gasteiger partial charge in [0.1, 0.15) is 0 Å². The molecule has 0 rings (SSSR count). The molecule has 0 N–H and O–H groups in total. The lowest BCUT2D eigenvalue weighted by molar-refractivity contribution is 0.639. The molecule has 0 saturated carbocycles. The van der Waals surface area contributed by atoms with Crippen molar-refractivity contribution in [2.45, 2.75) is 13.8 Å². The van der Waals surface area contributed by atoms with Crippen LogP contribution in [-0.4, -0.2) is 0 Å². The lowest BCUT2D eigenvalue weighted by Crippen LogP contribution is -1.66. The van der Waals surface area contributed by atoms with E-state index >= 15 is 0 Å². The van der Waals surface area contributed by atoms with Crippen LogP contribution in [0.5, 0.6) is 0 Å². The van der Waals surface area contributed by atoms with E-state index in [1.807, 2.05) is 6.92 Å². The van der Waals surface area contributed by atoms with E-state index in [1.54, 1.807) is 12.2 Å². The Morgan fingerprint density at radius 3 is 2.33 bits per heavy atom. The van der Waals surface area contributed by atoms with Crippen LogP contribution in [0, 0.1) is 0 Å². The van der Waals surface area contributed by atoms with Crippen LogP contribution in [0.1, 0.15) is 13.8 Å². The highest BCUT2D eigenvalue weighted by molar-refractivity contribution is 5.21. The fraction of sp³-hybridized carbons (Fsp3) is 0.250. The summed E-state index contributed by atoms with van der Waals surface area (Å²) in [5.41, 5.74) is 0.880. The fourth-order valence-corrected chi connectivity index (χ4v) is 0.548. The van der Waals surface area contributed by atoms with E-state index in [1.165, 1.54) is 13.0 Å². The van der Waals surface area contributed by atoms with Crippen LogP contribution in [-0.2, 0) is 0 Å². The molecule has 0 atom stereocenters. The van der Waals surface area contributed by atoms with Gasteiger partial charge in [-0.2, -0.15) is 0 Å². The molecule has 0 radical (unpaired) electrons. The minimum atomic E-state index is -0.175. The summed E-state index contributed by atoms with van der Waals surface area (Å²) >= 11 is 0. The van der Waals surface area contributed by atoms with Crippen LogP contribution in [0.15, 0.2) is 36.2 Å². The van der Waals surface area contributed by atoms with Crippen LogP contribution < -0.4 is 0 Å². The van der Waals surface area contributed by atoms with Crippen molar-refractivity contribution in [1.29, 1.82) is 0 Å². The smallest absolute Gasteiger partial charge is 0.0971 e. The zero-order valence-corrected chi connectivity index (χ0v) is 5.82. The molecule has 0 aliphatic rings. The van der Waals surface area contributed by atoms with Crippen LogP contribution in [0.4, 0.5) is 4.39 Å². The largest absolute Gasteiger partial charge is 0.212 e. The topological polar surface area (TPSA) is 0 Å². The van der Waals surface area contributed by atoms with Crippen molar-refractivity contribution in [1.82, 2.24) is 0 Å². The molecule has 9 heavy (non-hydrogen) atoms. The van der Waals surface area contributed by atoms with E-state index in [0.29, 0.717) is 0 Å². The monoisotopic (exact) mass is 126 g/mol. The maximum Gasteiger partial charge on any atom is 0.0971 e. The number of hydrogen-bond donors (Lipinski definition) is 0. The van der Waals surface area contributed by atoms with E-state index in [4.69, 9.17) is 0 Å². The van der Waals surface area contributed by atoms with Gasteiger partial charge in [-0.05, 0) is 25.5 Å². The Morgan fingerprint density at radius 2 is 2.00 bits per heavy atom. The predicted octanol–water partition coefficient (Wildman–Crippen LogP) is 2.99. The van der Waals surface area contributed by atoms with Gasteiger partial charge in [0.2, 0.25) is 0 Å². The third-order valence-corrected chi connectivity index (χ3v) is 0.807. The third-order valence-electron chi connectivity index (χ3n) is 0.807. The van der Waals surface area contributed by atoms with Gasteiger partial charge in [-0.1, -0.05) is 18.7 Å². The molecule has 50 valence electrons. The normalized spacial score (nSPS) is 13.7. The van der Waals surface area contributed by atoms with Gasteiger partial charge in [0, 0.05) is 0 Å². The number of hydrogen-bond acceptors (Lipinski definition) is 0. The van der Waals surface area contributed by atoms with Gasteiger partial charge in [0.25, 0.3) is 0 Å². The van der Waals surface area contributed by atoms with Crippen molar-refractivity contribution < 1.29 is 4.39 Å². The lowest BCUT2D eigenvalue weighted by Gasteiger charge is -1.86. The summed E-state index contributed by atoms with van der Waals surface area (Å²) in [6.45, 7) is 6.72. The summed E-state index contributed by atoms with van der Waals surface area (Å²) in [6.07, 6.45) is 4.85. The van der Waals surface area contributed by atoms with Crippen LogP contribution in [0.3, 0.4) is 0 Å². The van der Waals surface area contributed by atoms with Gasteiger partial charge in [-0.3, -0.25) is 0 Å². The third kappa shape index (κ3) is 5.01. The first-order valence-corrected chi connectivity index (χ1v) is 2.80. The molecular formula is C8H11F. The molecule has 0 nitrogen and oxygen atoms in total. The number of rotatable bonds is 2. The maximum atomic E-state index is 12.1. The molecule has 0 fully saturated rings. The quantitative estimate of drug-likeness (QED) is 0.499. The highest BCUT2D eigenvalue weighted by atomic mass is 19.1. The second-order valence-electron chi connectivity index (χ2n) is 1.88. The molecular weight excluding hydrogens is 115 g/mol. The van der Waals surface area contributed by atoms with Crippen molar-refractivity contribution in [2.24, 2.45) is 0 Å². The summed E-state index contributed by atoms with van der Waals surface area (Å²) in [4.78, 5) is 0. The van der Waals surface area contributed by atoms with Crippen molar-refractivity contribution in [3.8, 4) is 0 Å². The van der Waals surface area contributed by atoms with Crippen molar-refractivity contribution in [2.75, 3.05) is 0 Å². The first-order valence-electron chi connectivity index (χ1n) is 2.80. The highest BCUT2D eigenvalue weighted by Crippen LogP contribution is 2.01. The SMILES string of the molecule is C=C/C=C(C)\C=C(\C)F. The molecule has 0 spiro atoms. The Hall–Kier alpha value is -0.850. The predicted molar refractivity (Wildman–Crippen MR) is 38.8 cm³/mol. The van der Waals surface area contributed by atoms with Crippen LogP contribution in [0.25, 0.3) is 0 Å². The van der Waals surface area contributed by atoms with Crippen LogP contribution >= 0.6 is 0 Å². The van der Waals surface area contributed by atoms with Gasteiger partial charge < -0.3 is 0 Å². The Kier molecular flexibility index (Phi) is 3.69. The van der Waals surface area contributed by atoms with Gasteiger partial charge in [0.05, 0.1) is 5.83 Å². The van der Waals surface area contributed by atoms with E-state index in [9.17, 15) is 4.39 Å². The van der Waals surface area contributed by atoms with Gasteiger partial charge in [0.15, 0.2) is 0 Å². The Labute approximate surface area is 55.4 Å². The molecule has 0 aromatic carbocycles. The molecule has 0 saturated heterocycles. The summed E-state index contributed by atoms with van der Waals surface area (Å²) in [6, 6.07) is 0. The van der Waals surface area contributed by atoms with Crippen molar-refractivity contribution in [3.05, 3.63) is 36.2 Å². The lowest BCUT2D eigenvalue weighted by atomic mass is 10.2. The van der Waals surface area contributed by atoms with Crippen molar-refractivity contribution in [3.63, 3.8) is 0 Å². The highest BCUT2D eigenvalue weighted by Gasteiger charge is 1.81. The number of halogens is 1. The minimum absolute atomic E-state index is 0.175. The second-order valence-corrected chi connectivity index (χ2v) is 1.88. The van der Waals surface area contributed by atoms with E-state index < -0.39 is 0 Å². The zero-order chi connectivity index (χ0) is 7.28. The molecule has 0 aromatic rings. The van der Waals surface area contributed by atoms with Gasteiger partial charge in [-0.25, -0.2) is 4.39 Å². The van der Waals surface area contributed by atoms with Crippen LogP contribution in [0.2, 0.25) is 0 Å². The average molecular weight is 126 g/mol. The second kappa shape index (κ2) is 4.07. The summed E-state index contributed by atoms with van der Waals surface area (Å²) in [5.74, 6) is -0.175. The molecule has 1 heteroatoms. The molecule has 0 aliphatic heterocycles. The minimum Gasteiger partial charge on any atom is -0.212 e. The first kappa shape index (κ1) is 8.15. The van der Waals surface area contributed by atoms with E-state index in [2.05, 4.69) is 6.58 Å². The maximum absolute atomic E-state index is 12.1. The summed E-state index contributed by atoms with van der Waals surface area (Å²) < 4.78 is 12.1. The van der Waals surface area contributed by atoms with Gasteiger partial charge >= 0.3 is 0 Å². The molecule has 0 aromatic heterocycles. The Morgan fingerprint density at radius 1 is 1.44 bits per heavy atom. The molecule has 0 bridgehead atoms.